The van der Waals surface area contributed by atoms with Crippen molar-refractivity contribution in [1.82, 2.24) is 5.32 Å². The Hall–Kier alpha value is -1.71. The van der Waals surface area contributed by atoms with Gasteiger partial charge in [0.2, 0.25) is 5.91 Å². The monoisotopic (exact) mass is 361 g/mol. The molecule has 1 rings (SSSR count). The number of esters is 2. The van der Waals surface area contributed by atoms with Gasteiger partial charge in [-0.15, -0.1) is 0 Å². The molecule has 1 heterocycles. The second-order valence-corrected chi connectivity index (χ2v) is 5.88. The highest BCUT2D eigenvalue weighted by atomic mass is 16.7. The van der Waals surface area contributed by atoms with Crippen LogP contribution in [0.2, 0.25) is 0 Å². The molecule has 0 aromatic rings. The summed E-state index contributed by atoms with van der Waals surface area (Å²) >= 11 is 0. The Kier molecular flexibility index (Phi) is 8.81. The third kappa shape index (κ3) is 6.26. The zero-order valence-corrected chi connectivity index (χ0v) is 14.8. The summed E-state index contributed by atoms with van der Waals surface area (Å²) in [7, 11) is 0. The molecule has 0 aromatic heterocycles. The van der Waals surface area contributed by atoms with E-state index < -0.39 is 55.1 Å². The van der Waals surface area contributed by atoms with Crippen molar-refractivity contribution in [2.75, 3.05) is 6.61 Å². The summed E-state index contributed by atoms with van der Waals surface area (Å²) in [4.78, 5) is 35.3. The van der Waals surface area contributed by atoms with E-state index in [0.29, 0.717) is 12.8 Å². The van der Waals surface area contributed by atoms with E-state index in [1.165, 1.54) is 6.92 Å². The Labute approximate surface area is 146 Å². The quantitative estimate of drug-likeness (QED) is 0.499. The van der Waals surface area contributed by atoms with Crippen molar-refractivity contribution >= 4 is 17.8 Å². The van der Waals surface area contributed by atoms with Gasteiger partial charge >= 0.3 is 11.9 Å². The molecule has 0 spiro atoms. The normalized spacial score (nSPS) is 28.9. The molecule has 25 heavy (non-hydrogen) atoms. The van der Waals surface area contributed by atoms with Crippen LogP contribution in [0.3, 0.4) is 0 Å². The summed E-state index contributed by atoms with van der Waals surface area (Å²) in [6.07, 6.45) is -3.58. The molecule has 9 heteroatoms. The standard InChI is InChI=1S/C16H27NO8/c1-4-6-11(20)24-14-10(8-18)23-16(22)13(17-9(3)19)15(14)25-12(21)7-5-2/h10,13-16,18,22H,4-8H2,1-3H3,(H,17,19)/t10?,13?,14-,15+,16?/m0/s1. The number of nitrogens with one attached hydrogen (secondary N) is 1. The van der Waals surface area contributed by atoms with E-state index >= 15 is 0 Å². The molecule has 3 unspecified atom stereocenters. The average molecular weight is 361 g/mol. The van der Waals surface area contributed by atoms with Gasteiger partial charge in [0, 0.05) is 19.8 Å². The van der Waals surface area contributed by atoms with Crippen LogP contribution in [-0.4, -0.2) is 65.3 Å². The first kappa shape index (κ1) is 21.3. The van der Waals surface area contributed by atoms with E-state index in [0.717, 1.165) is 0 Å². The van der Waals surface area contributed by atoms with Crippen LogP contribution in [0.25, 0.3) is 0 Å². The van der Waals surface area contributed by atoms with Crippen LogP contribution in [0.4, 0.5) is 0 Å². The molecular weight excluding hydrogens is 334 g/mol. The van der Waals surface area contributed by atoms with Gasteiger partial charge in [0.15, 0.2) is 18.5 Å². The lowest BCUT2D eigenvalue weighted by Crippen LogP contribution is -2.66. The Morgan fingerprint density at radius 2 is 1.56 bits per heavy atom. The summed E-state index contributed by atoms with van der Waals surface area (Å²) in [6, 6.07) is -1.12. The fourth-order valence-corrected chi connectivity index (χ4v) is 2.57. The van der Waals surface area contributed by atoms with Crippen LogP contribution in [0, 0.1) is 0 Å². The molecule has 1 aliphatic heterocycles. The van der Waals surface area contributed by atoms with Crippen LogP contribution >= 0.6 is 0 Å². The van der Waals surface area contributed by atoms with Gasteiger partial charge in [0.1, 0.15) is 12.1 Å². The minimum absolute atomic E-state index is 0.125. The predicted molar refractivity (Wildman–Crippen MR) is 85.1 cm³/mol. The molecule has 144 valence electrons. The van der Waals surface area contributed by atoms with Gasteiger partial charge in [-0.2, -0.15) is 0 Å². The molecule has 0 aromatic carbocycles. The van der Waals surface area contributed by atoms with Gasteiger partial charge in [-0.1, -0.05) is 13.8 Å². The minimum Gasteiger partial charge on any atom is -0.456 e. The van der Waals surface area contributed by atoms with Crippen molar-refractivity contribution in [3.63, 3.8) is 0 Å². The lowest BCUT2D eigenvalue weighted by Gasteiger charge is -2.43. The number of hydrogen-bond donors (Lipinski definition) is 3. The third-order valence-corrected chi connectivity index (χ3v) is 3.66. The van der Waals surface area contributed by atoms with E-state index in [1.807, 2.05) is 0 Å². The van der Waals surface area contributed by atoms with Crippen molar-refractivity contribution < 1.29 is 38.8 Å². The van der Waals surface area contributed by atoms with Gasteiger partial charge in [-0.05, 0) is 12.8 Å². The number of rotatable bonds is 8. The third-order valence-electron chi connectivity index (χ3n) is 3.66. The summed E-state index contributed by atoms with van der Waals surface area (Å²) in [5, 5.41) is 22.0. The minimum atomic E-state index is -1.53. The maximum absolute atomic E-state index is 11.9. The van der Waals surface area contributed by atoms with Gasteiger partial charge in [-0.3, -0.25) is 14.4 Å². The predicted octanol–water partition coefficient (Wildman–Crippen LogP) is -0.376. The number of carbonyl (C=O) groups excluding carboxylic acids is 3. The molecule has 0 saturated carbocycles. The zero-order chi connectivity index (χ0) is 19.0. The van der Waals surface area contributed by atoms with Gasteiger partial charge in [0.25, 0.3) is 0 Å². The molecule has 1 aliphatic rings. The first-order chi connectivity index (χ1) is 11.8. The molecule has 1 amide bonds. The van der Waals surface area contributed by atoms with Crippen LogP contribution in [0.15, 0.2) is 0 Å². The number of aliphatic hydroxyl groups excluding tert-OH is 2. The lowest BCUT2D eigenvalue weighted by molar-refractivity contribution is -0.264. The summed E-state index contributed by atoms with van der Waals surface area (Å²) in [5.41, 5.74) is 0. The number of ether oxygens (including phenoxy) is 3. The highest BCUT2D eigenvalue weighted by molar-refractivity contribution is 5.74. The second-order valence-electron chi connectivity index (χ2n) is 5.88. The highest BCUT2D eigenvalue weighted by Crippen LogP contribution is 2.26. The van der Waals surface area contributed by atoms with Gasteiger partial charge in [0.05, 0.1) is 6.61 Å². The summed E-state index contributed by atoms with van der Waals surface area (Å²) in [6.45, 7) is 4.26. The van der Waals surface area contributed by atoms with Crippen molar-refractivity contribution in [2.24, 2.45) is 0 Å². The van der Waals surface area contributed by atoms with E-state index in [1.54, 1.807) is 13.8 Å². The molecule has 0 aliphatic carbocycles. The molecule has 1 saturated heterocycles. The van der Waals surface area contributed by atoms with Crippen LogP contribution in [-0.2, 0) is 28.6 Å². The van der Waals surface area contributed by atoms with E-state index in [4.69, 9.17) is 14.2 Å². The van der Waals surface area contributed by atoms with E-state index in [9.17, 15) is 24.6 Å². The number of aliphatic hydroxyl groups is 2. The molecule has 5 atom stereocenters. The first-order valence-electron chi connectivity index (χ1n) is 8.44. The van der Waals surface area contributed by atoms with E-state index in [2.05, 4.69) is 5.32 Å². The molecule has 3 N–H and O–H groups in total. The zero-order valence-electron chi connectivity index (χ0n) is 14.8. The molecule has 0 bridgehead atoms. The topological polar surface area (TPSA) is 131 Å². The maximum atomic E-state index is 11.9. The summed E-state index contributed by atoms with van der Waals surface area (Å²) in [5.74, 6) is -1.60. The fraction of sp³-hybridized carbons (Fsp3) is 0.812. The number of hydrogen-bond acceptors (Lipinski definition) is 8. The maximum Gasteiger partial charge on any atom is 0.306 e. The smallest absolute Gasteiger partial charge is 0.306 e. The fourth-order valence-electron chi connectivity index (χ4n) is 2.57. The van der Waals surface area contributed by atoms with Crippen LogP contribution in [0.5, 0.6) is 0 Å². The van der Waals surface area contributed by atoms with Crippen molar-refractivity contribution in [2.45, 2.75) is 77.1 Å². The van der Waals surface area contributed by atoms with E-state index in [-0.39, 0.29) is 12.8 Å². The van der Waals surface area contributed by atoms with Gasteiger partial charge in [-0.25, -0.2) is 0 Å². The molecule has 9 nitrogen and oxygen atoms in total. The molecular formula is C16H27NO8. The van der Waals surface area contributed by atoms with Crippen LogP contribution < -0.4 is 5.32 Å². The SMILES string of the molecule is CCCC(=O)O[C@@H]1C(NC(C)=O)C(O)OC(CO)[C@@H]1OC(=O)CCC. The Bertz CT molecular complexity index is 469. The lowest BCUT2D eigenvalue weighted by atomic mass is 9.96. The second kappa shape index (κ2) is 10.3. The van der Waals surface area contributed by atoms with Crippen LogP contribution in [0.1, 0.15) is 46.5 Å². The Morgan fingerprint density at radius 3 is 2.00 bits per heavy atom. The molecule has 1 fully saturated rings. The number of carbonyl (C=O) groups is 3. The van der Waals surface area contributed by atoms with Gasteiger partial charge < -0.3 is 29.7 Å². The first-order valence-corrected chi connectivity index (χ1v) is 8.44. The average Bonchev–Trinajstić information content (AvgIpc) is 2.53. The summed E-state index contributed by atoms with van der Waals surface area (Å²) < 4.78 is 15.9. The van der Waals surface area contributed by atoms with Crippen molar-refractivity contribution in [1.29, 1.82) is 0 Å². The Balaban J connectivity index is 3.08. The Morgan fingerprint density at radius 1 is 1.04 bits per heavy atom. The number of amides is 1. The largest absolute Gasteiger partial charge is 0.456 e. The van der Waals surface area contributed by atoms with Crippen molar-refractivity contribution in [3.05, 3.63) is 0 Å². The molecule has 0 radical (unpaired) electrons. The highest BCUT2D eigenvalue weighted by Gasteiger charge is 2.50. The van der Waals surface area contributed by atoms with Crippen molar-refractivity contribution in [3.8, 4) is 0 Å².